The minimum atomic E-state index is 0.575. The molecule has 2 rings (SSSR count). The van der Waals surface area contributed by atoms with E-state index in [9.17, 15) is 0 Å². The molecular weight excluding hydrogens is 220 g/mol. The molecule has 0 spiro atoms. The zero-order valence-electron chi connectivity index (χ0n) is 10.2. The molecule has 1 aromatic rings. The van der Waals surface area contributed by atoms with Gasteiger partial charge in [0.1, 0.15) is 13.2 Å². The van der Waals surface area contributed by atoms with E-state index >= 15 is 0 Å². The van der Waals surface area contributed by atoms with Crippen molar-refractivity contribution in [2.45, 2.75) is 0 Å². The highest BCUT2D eigenvalue weighted by Gasteiger charge is 2.16. The summed E-state index contributed by atoms with van der Waals surface area (Å²) in [6.07, 6.45) is 0. The zero-order valence-corrected chi connectivity index (χ0v) is 10.2. The highest BCUT2D eigenvalue weighted by atomic mass is 16.6. The molecule has 0 bridgehead atoms. The minimum absolute atomic E-state index is 0.575. The summed E-state index contributed by atoms with van der Waals surface area (Å²) >= 11 is 0. The number of hydrogen-bond acceptors (Lipinski definition) is 5. The van der Waals surface area contributed by atoms with Gasteiger partial charge in [-0.3, -0.25) is 0 Å². The summed E-state index contributed by atoms with van der Waals surface area (Å²) in [4.78, 5) is 2.04. The summed E-state index contributed by atoms with van der Waals surface area (Å²) < 4.78 is 16.1. The number of nitrogens with zero attached hydrogens (tertiary/aromatic N) is 1. The van der Waals surface area contributed by atoms with Crippen molar-refractivity contribution < 1.29 is 14.2 Å². The first-order valence-electron chi connectivity index (χ1n) is 5.61. The summed E-state index contributed by atoms with van der Waals surface area (Å²) in [5.41, 5.74) is 7.62. The highest BCUT2D eigenvalue weighted by Crippen LogP contribution is 2.38. The summed E-state index contributed by atoms with van der Waals surface area (Å²) in [6, 6.07) is 3.73. The van der Waals surface area contributed by atoms with Gasteiger partial charge < -0.3 is 24.8 Å². The van der Waals surface area contributed by atoms with Crippen molar-refractivity contribution in [3.05, 3.63) is 12.1 Å². The molecule has 2 N–H and O–H groups in total. The average Bonchev–Trinajstić information content (AvgIpc) is 2.35. The molecule has 0 aliphatic carbocycles. The van der Waals surface area contributed by atoms with E-state index in [-0.39, 0.29) is 0 Å². The van der Waals surface area contributed by atoms with E-state index in [1.807, 2.05) is 24.1 Å². The topological polar surface area (TPSA) is 57.0 Å². The molecule has 0 fully saturated rings. The molecule has 0 aromatic heterocycles. The lowest BCUT2D eigenvalue weighted by Gasteiger charge is -2.25. The van der Waals surface area contributed by atoms with Gasteiger partial charge in [-0.25, -0.2) is 0 Å². The van der Waals surface area contributed by atoms with Crippen molar-refractivity contribution in [1.82, 2.24) is 0 Å². The van der Waals surface area contributed by atoms with Gasteiger partial charge >= 0.3 is 0 Å². The predicted octanol–water partition coefficient (Wildman–Crippen LogP) is 1.12. The van der Waals surface area contributed by atoms with Crippen LogP contribution in [-0.4, -0.2) is 40.5 Å². The maximum atomic E-state index is 6.00. The van der Waals surface area contributed by atoms with E-state index in [0.29, 0.717) is 25.5 Å². The van der Waals surface area contributed by atoms with Crippen LogP contribution in [0.2, 0.25) is 0 Å². The largest absolute Gasteiger partial charge is 0.486 e. The molecule has 0 amide bonds. The van der Waals surface area contributed by atoms with Crippen LogP contribution in [0.4, 0.5) is 11.4 Å². The number of rotatable bonds is 4. The maximum absolute atomic E-state index is 6.00. The van der Waals surface area contributed by atoms with Gasteiger partial charge in [-0.05, 0) is 0 Å². The van der Waals surface area contributed by atoms with Gasteiger partial charge in [-0.1, -0.05) is 0 Å². The fourth-order valence-corrected chi connectivity index (χ4v) is 1.77. The molecule has 5 heteroatoms. The Hall–Kier alpha value is -1.62. The number of likely N-dealkylation sites (N-methyl/N-ethyl adjacent to an activating group) is 1. The van der Waals surface area contributed by atoms with Crippen LogP contribution in [0.15, 0.2) is 12.1 Å². The first-order chi connectivity index (χ1) is 8.22. The number of ether oxygens (including phenoxy) is 3. The van der Waals surface area contributed by atoms with E-state index in [0.717, 1.165) is 23.7 Å². The molecule has 17 heavy (non-hydrogen) atoms. The zero-order chi connectivity index (χ0) is 12.3. The molecule has 1 aliphatic heterocycles. The fourth-order valence-electron chi connectivity index (χ4n) is 1.77. The Bertz CT molecular complexity index is 396. The van der Waals surface area contributed by atoms with Crippen LogP contribution in [0.1, 0.15) is 0 Å². The monoisotopic (exact) mass is 238 g/mol. The number of anilines is 2. The van der Waals surface area contributed by atoms with Crippen LogP contribution >= 0.6 is 0 Å². The molecule has 5 nitrogen and oxygen atoms in total. The van der Waals surface area contributed by atoms with Crippen molar-refractivity contribution >= 4 is 11.4 Å². The van der Waals surface area contributed by atoms with Crippen LogP contribution < -0.4 is 20.1 Å². The lowest BCUT2D eigenvalue weighted by atomic mass is 10.2. The van der Waals surface area contributed by atoms with E-state index in [4.69, 9.17) is 19.9 Å². The van der Waals surface area contributed by atoms with Gasteiger partial charge in [-0.15, -0.1) is 0 Å². The molecule has 0 radical (unpaired) electrons. The number of fused-ring (bicyclic) bond motifs is 1. The standard InChI is InChI=1S/C12H18N2O3/c1-14(3-4-15-2)10-8-12-11(7-9(10)13)16-5-6-17-12/h7-8H,3-6,13H2,1-2H3. The van der Waals surface area contributed by atoms with E-state index < -0.39 is 0 Å². The van der Waals surface area contributed by atoms with Crippen LogP contribution in [0.3, 0.4) is 0 Å². The van der Waals surface area contributed by atoms with Crippen LogP contribution in [0, 0.1) is 0 Å². The van der Waals surface area contributed by atoms with E-state index in [1.54, 1.807) is 7.11 Å². The van der Waals surface area contributed by atoms with E-state index in [1.165, 1.54) is 0 Å². The molecular formula is C12H18N2O3. The summed E-state index contributed by atoms with van der Waals surface area (Å²) in [5, 5.41) is 0. The highest BCUT2D eigenvalue weighted by molar-refractivity contribution is 5.73. The second-order valence-electron chi connectivity index (χ2n) is 3.97. The Balaban J connectivity index is 2.22. The van der Waals surface area contributed by atoms with Gasteiger partial charge in [0.05, 0.1) is 18.0 Å². The quantitative estimate of drug-likeness (QED) is 0.797. The molecule has 0 saturated heterocycles. The summed E-state index contributed by atoms with van der Waals surface area (Å²) in [6.45, 7) is 2.59. The first kappa shape index (κ1) is 11.9. The Morgan fingerprint density at radius 1 is 1.29 bits per heavy atom. The Morgan fingerprint density at radius 2 is 1.94 bits per heavy atom. The van der Waals surface area contributed by atoms with E-state index in [2.05, 4.69) is 0 Å². The lowest BCUT2D eigenvalue weighted by Crippen LogP contribution is -2.24. The van der Waals surface area contributed by atoms with Crippen LogP contribution in [-0.2, 0) is 4.74 Å². The average molecular weight is 238 g/mol. The Labute approximate surface area is 101 Å². The molecule has 1 aliphatic rings. The van der Waals surface area contributed by atoms with Crippen molar-refractivity contribution in [2.75, 3.05) is 51.2 Å². The van der Waals surface area contributed by atoms with Gasteiger partial charge in [0.2, 0.25) is 0 Å². The SMILES string of the molecule is COCCN(C)c1cc2c(cc1N)OCCO2. The second kappa shape index (κ2) is 5.14. The normalized spacial score (nSPS) is 13.5. The van der Waals surface area contributed by atoms with Gasteiger partial charge in [-0.2, -0.15) is 0 Å². The Morgan fingerprint density at radius 3 is 2.59 bits per heavy atom. The van der Waals surface area contributed by atoms with Gasteiger partial charge in [0.15, 0.2) is 11.5 Å². The fraction of sp³-hybridized carbons (Fsp3) is 0.500. The third-order valence-corrected chi connectivity index (χ3v) is 2.73. The number of hydrogen-bond donors (Lipinski definition) is 1. The number of nitrogen functional groups attached to an aromatic ring is 1. The number of methoxy groups -OCH3 is 1. The van der Waals surface area contributed by atoms with Gasteiger partial charge in [0, 0.05) is 32.8 Å². The summed E-state index contributed by atoms with van der Waals surface area (Å²) in [5.74, 6) is 1.47. The maximum Gasteiger partial charge on any atom is 0.163 e. The minimum Gasteiger partial charge on any atom is -0.486 e. The van der Waals surface area contributed by atoms with Crippen LogP contribution in [0.25, 0.3) is 0 Å². The molecule has 1 heterocycles. The smallest absolute Gasteiger partial charge is 0.163 e. The summed E-state index contributed by atoms with van der Waals surface area (Å²) in [7, 11) is 3.65. The van der Waals surface area contributed by atoms with Crippen molar-refractivity contribution in [3.63, 3.8) is 0 Å². The number of benzene rings is 1. The van der Waals surface area contributed by atoms with Crippen molar-refractivity contribution in [3.8, 4) is 11.5 Å². The second-order valence-corrected chi connectivity index (χ2v) is 3.97. The molecule has 1 aromatic carbocycles. The molecule has 94 valence electrons. The van der Waals surface area contributed by atoms with Crippen molar-refractivity contribution in [2.24, 2.45) is 0 Å². The van der Waals surface area contributed by atoms with Gasteiger partial charge in [0.25, 0.3) is 0 Å². The number of nitrogens with two attached hydrogens (primary N) is 1. The predicted molar refractivity (Wildman–Crippen MR) is 67.0 cm³/mol. The Kier molecular flexibility index (Phi) is 3.58. The molecule has 0 unspecified atom stereocenters. The molecule has 0 atom stereocenters. The molecule has 0 saturated carbocycles. The van der Waals surface area contributed by atoms with Crippen LogP contribution in [0.5, 0.6) is 11.5 Å². The van der Waals surface area contributed by atoms with Crippen molar-refractivity contribution in [1.29, 1.82) is 0 Å². The lowest BCUT2D eigenvalue weighted by molar-refractivity contribution is 0.171. The third-order valence-electron chi connectivity index (χ3n) is 2.73. The first-order valence-corrected chi connectivity index (χ1v) is 5.61. The third kappa shape index (κ3) is 2.55.